The highest BCUT2D eigenvalue weighted by atomic mass is 16.2. The molecular formula is C9H9N3O. The first-order valence-electron chi connectivity index (χ1n) is 4.12. The molecule has 2 rings (SSSR count). The second-order valence-corrected chi connectivity index (χ2v) is 3.25. The van der Waals surface area contributed by atoms with Crippen LogP contribution in [0.25, 0.3) is 0 Å². The Balaban J connectivity index is 2.05. The van der Waals surface area contributed by atoms with Crippen LogP contribution in [0.1, 0.15) is 12.8 Å². The van der Waals surface area contributed by atoms with Crippen LogP contribution in [0.15, 0.2) is 18.5 Å². The largest absolute Gasteiger partial charge is 0.366 e. The molecule has 0 aliphatic heterocycles. The van der Waals surface area contributed by atoms with Crippen LogP contribution in [0, 0.1) is 16.7 Å². The molecule has 1 fully saturated rings. The van der Waals surface area contributed by atoms with Crippen molar-refractivity contribution >= 4 is 11.6 Å². The van der Waals surface area contributed by atoms with Crippen molar-refractivity contribution in [1.82, 2.24) is 4.98 Å². The van der Waals surface area contributed by atoms with Crippen LogP contribution >= 0.6 is 0 Å². The molecule has 1 aromatic heterocycles. The lowest BCUT2D eigenvalue weighted by Gasteiger charge is -2.04. The zero-order valence-corrected chi connectivity index (χ0v) is 7.00. The summed E-state index contributed by atoms with van der Waals surface area (Å²) in [6, 6.07) is 3.80. The Bertz CT molecular complexity index is 357. The van der Waals surface area contributed by atoms with Gasteiger partial charge in [0.1, 0.15) is 5.41 Å². The number of hydrogen-bond acceptors (Lipinski definition) is 2. The van der Waals surface area contributed by atoms with Crippen LogP contribution in [-0.4, -0.2) is 10.9 Å². The van der Waals surface area contributed by atoms with E-state index < -0.39 is 5.41 Å². The molecule has 1 aromatic rings. The van der Waals surface area contributed by atoms with Crippen molar-refractivity contribution in [2.24, 2.45) is 5.41 Å². The SMILES string of the molecule is N#CC1(C(=O)Nc2cc[nH]c2)CC1. The number of hydrogen-bond donors (Lipinski definition) is 2. The maximum atomic E-state index is 11.5. The zero-order chi connectivity index (χ0) is 9.31. The molecule has 0 saturated heterocycles. The maximum Gasteiger partial charge on any atom is 0.244 e. The van der Waals surface area contributed by atoms with E-state index in [0.717, 1.165) is 0 Å². The van der Waals surface area contributed by atoms with Crippen LogP contribution in [0.2, 0.25) is 0 Å². The minimum Gasteiger partial charge on any atom is -0.366 e. The molecule has 0 atom stereocenters. The van der Waals surface area contributed by atoms with Crippen molar-refractivity contribution < 1.29 is 4.79 Å². The summed E-state index contributed by atoms with van der Waals surface area (Å²) >= 11 is 0. The fourth-order valence-corrected chi connectivity index (χ4v) is 1.17. The lowest BCUT2D eigenvalue weighted by atomic mass is 10.1. The third kappa shape index (κ3) is 1.29. The minimum absolute atomic E-state index is 0.186. The van der Waals surface area contributed by atoms with Crippen molar-refractivity contribution in [3.63, 3.8) is 0 Å². The van der Waals surface area contributed by atoms with Crippen LogP contribution in [0.3, 0.4) is 0 Å². The monoisotopic (exact) mass is 175 g/mol. The van der Waals surface area contributed by atoms with E-state index in [0.29, 0.717) is 18.5 Å². The number of anilines is 1. The van der Waals surface area contributed by atoms with E-state index in [1.54, 1.807) is 18.5 Å². The molecular weight excluding hydrogens is 166 g/mol. The summed E-state index contributed by atoms with van der Waals surface area (Å²) in [5.74, 6) is -0.186. The highest BCUT2D eigenvalue weighted by molar-refractivity contribution is 5.99. The summed E-state index contributed by atoms with van der Waals surface area (Å²) in [7, 11) is 0. The van der Waals surface area contributed by atoms with Gasteiger partial charge in [0.25, 0.3) is 0 Å². The summed E-state index contributed by atoms with van der Waals surface area (Å²) in [5, 5.41) is 11.4. The van der Waals surface area contributed by atoms with Gasteiger partial charge in [0.2, 0.25) is 5.91 Å². The van der Waals surface area contributed by atoms with E-state index in [9.17, 15) is 4.79 Å². The summed E-state index contributed by atoms with van der Waals surface area (Å²) < 4.78 is 0. The topological polar surface area (TPSA) is 68.7 Å². The highest BCUT2D eigenvalue weighted by Crippen LogP contribution is 2.45. The molecule has 1 saturated carbocycles. The predicted octanol–water partition coefficient (Wildman–Crippen LogP) is 1.26. The van der Waals surface area contributed by atoms with Gasteiger partial charge in [0.15, 0.2) is 0 Å². The van der Waals surface area contributed by atoms with Crippen molar-refractivity contribution in [2.75, 3.05) is 5.32 Å². The molecule has 2 N–H and O–H groups in total. The van der Waals surface area contributed by atoms with Crippen molar-refractivity contribution in [2.45, 2.75) is 12.8 Å². The molecule has 0 unspecified atom stereocenters. The first kappa shape index (κ1) is 7.87. The average molecular weight is 175 g/mol. The third-order valence-corrected chi connectivity index (χ3v) is 2.25. The number of rotatable bonds is 2. The summed E-state index contributed by atoms with van der Waals surface area (Å²) in [6.45, 7) is 0. The number of aromatic amines is 1. The van der Waals surface area contributed by atoms with Gasteiger partial charge in [-0.25, -0.2) is 0 Å². The number of amides is 1. The summed E-state index contributed by atoms with van der Waals surface area (Å²) in [6.07, 6.45) is 4.77. The predicted molar refractivity (Wildman–Crippen MR) is 46.7 cm³/mol. The number of nitrogens with one attached hydrogen (secondary N) is 2. The van der Waals surface area contributed by atoms with E-state index in [1.807, 2.05) is 6.07 Å². The fourth-order valence-electron chi connectivity index (χ4n) is 1.17. The van der Waals surface area contributed by atoms with Gasteiger partial charge in [-0.05, 0) is 18.9 Å². The highest BCUT2D eigenvalue weighted by Gasteiger charge is 2.50. The Labute approximate surface area is 75.6 Å². The lowest BCUT2D eigenvalue weighted by Crippen LogP contribution is -2.22. The number of nitriles is 1. The van der Waals surface area contributed by atoms with Gasteiger partial charge in [0.05, 0.1) is 11.8 Å². The second kappa shape index (κ2) is 2.63. The van der Waals surface area contributed by atoms with E-state index in [2.05, 4.69) is 10.3 Å². The Hall–Kier alpha value is -1.76. The molecule has 0 radical (unpaired) electrons. The van der Waals surface area contributed by atoms with E-state index in [-0.39, 0.29) is 5.91 Å². The Morgan fingerprint density at radius 1 is 1.69 bits per heavy atom. The van der Waals surface area contributed by atoms with Crippen LogP contribution < -0.4 is 5.32 Å². The van der Waals surface area contributed by atoms with Crippen molar-refractivity contribution in [1.29, 1.82) is 5.26 Å². The normalized spacial score (nSPS) is 17.5. The van der Waals surface area contributed by atoms with Crippen LogP contribution in [-0.2, 0) is 4.79 Å². The zero-order valence-electron chi connectivity index (χ0n) is 7.00. The van der Waals surface area contributed by atoms with E-state index >= 15 is 0 Å². The molecule has 0 spiro atoms. The van der Waals surface area contributed by atoms with Gasteiger partial charge in [-0.15, -0.1) is 0 Å². The number of aromatic nitrogens is 1. The molecule has 1 amide bonds. The first-order valence-corrected chi connectivity index (χ1v) is 4.12. The molecule has 4 heteroatoms. The quantitative estimate of drug-likeness (QED) is 0.710. The van der Waals surface area contributed by atoms with Crippen molar-refractivity contribution in [3.05, 3.63) is 18.5 Å². The van der Waals surface area contributed by atoms with Gasteiger partial charge in [-0.2, -0.15) is 5.26 Å². The first-order chi connectivity index (χ1) is 6.27. The van der Waals surface area contributed by atoms with Gasteiger partial charge in [-0.3, -0.25) is 4.79 Å². The van der Waals surface area contributed by atoms with E-state index in [4.69, 9.17) is 5.26 Å². The smallest absolute Gasteiger partial charge is 0.244 e. The number of H-pyrrole nitrogens is 1. The van der Waals surface area contributed by atoms with Gasteiger partial charge < -0.3 is 10.3 Å². The second-order valence-electron chi connectivity index (χ2n) is 3.25. The fraction of sp³-hybridized carbons (Fsp3) is 0.333. The third-order valence-electron chi connectivity index (χ3n) is 2.25. The average Bonchev–Trinajstić information content (AvgIpc) is 2.79. The molecule has 1 aliphatic carbocycles. The Kier molecular flexibility index (Phi) is 1.59. The van der Waals surface area contributed by atoms with E-state index in [1.165, 1.54) is 0 Å². The molecule has 0 bridgehead atoms. The summed E-state index contributed by atoms with van der Waals surface area (Å²) in [5.41, 5.74) is -0.0244. The maximum absolute atomic E-state index is 11.5. The molecule has 4 nitrogen and oxygen atoms in total. The van der Waals surface area contributed by atoms with Gasteiger partial charge >= 0.3 is 0 Å². The Morgan fingerprint density at radius 3 is 2.92 bits per heavy atom. The standard InChI is InChI=1S/C9H9N3O/c10-6-9(2-3-9)8(13)12-7-1-4-11-5-7/h1,4-5,11H,2-3H2,(H,12,13). The van der Waals surface area contributed by atoms with Crippen LogP contribution in [0.5, 0.6) is 0 Å². The number of carbonyl (C=O) groups excluding carboxylic acids is 1. The molecule has 1 heterocycles. The number of nitrogens with zero attached hydrogens (tertiary/aromatic N) is 1. The molecule has 66 valence electrons. The van der Waals surface area contributed by atoms with Crippen LogP contribution in [0.4, 0.5) is 5.69 Å². The minimum atomic E-state index is -0.739. The number of carbonyl (C=O) groups is 1. The molecule has 1 aliphatic rings. The lowest BCUT2D eigenvalue weighted by molar-refractivity contribution is -0.119. The Morgan fingerprint density at radius 2 is 2.46 bits per heavy atom. The van der Waals surface area contributed by atoms with Gasteiger partial charge in [0, 0.05) is 12.4 Å². The molecule has 13 heavy (non-hydrogen) atoms. The van der Waals surface area contributed by atoms with Crippen molar-refractivity contribution in [3.8, 4) is 6.07 Å². The summed E-state index contributed by atoms with van der Waals surface area (Å²) in [4.78, 5) is 14.3. The molecule has 0 aromatic carbocycles. The van der Waals surface area contributed by atoms with Gasteiger partial charge in [-0.1, -0.05) is 0 Å².